The van der Waals surface area contributed by atoms with Crippen LogP contribution in [0, 0.1) is 11.8 Å². The monoisotopic (exact) mass is 392 g/mol. The molecular weight excluding hydrogens is 356 g/mol. The van der Waals surface area contributed by atoms with Crippen LogP contribution < -0.4 is 0 Å². The molecule has 1 heterocycles. The quantitative estimate of drug-likeness (QED) is 0.339. The normalized spacial score (nSPS) is 29.6. The molecule has 1 saturated heterocycles. The van der Waals surface area contributed by atoms with Gasteiger partial charge in [-0.25, -0.2) is 0 Å². The van der Waals surface area contributed by atoms with Crippen molar-refractivity contribution in [2.24, 2.45) is 11.8 Å². The minimum absolute atomic E-state index is 0.392. The van der Waals surface area contributed by atoms with Gasteiger partial charge in [-0.1, -0.05) is 67.5 Å². The Labute approximate surface area is 167 Å². The molecule has 0 unspecified atom stereocenters. The molecule has 0 radical (unpaired) electrons. The average Bonchev–Trinajstić information content (AvgIpc) is 2.69. The van der Waals surface area contributed by atoms with Crippen LogP contribution in [-0.2, 0) is 4.74 Å². The Morgan fingerprint density at radius 3 is 2.15 bits per heavy atom. The van der Waals surface area contributed by atoms with Crippen LogP contribution in [0.5, 0.6) is 0 Å². The summed E-state index contributed by atoms with van der Waals surface area (Å²) in [5.74, 6) is 2.82. The van der Waals surface area contributed by atoms with Gasteiger partial charge in [-0.2, -0.15) is 0 Å². The van der Waals surface area contributed by atoms with Gasteiger partial charge in [-0.3, -0.25) is 0 Å². The molecule has 1 saturated carbocycles. The van der Waals surface area contributed by atoms with E-state index in [4.69, 9.17) is 16.3 Å². The Bertz CT molecular complexity index is 501. The molecule has 0 N–H and O–H groups in total. The van der Waals surface area contributed by atoms with Gasteiger partial charge in [-0.15, -0.1) is 0 Å². The Morgan fingerprint density at radius 2 is 1.54 bits per heavy atom. The highest BCUT2D eigenvalue weighted by atomic mass is 35.5. The van der Waals surface area contributed by atoms with Crippen LogP contribution in [-0.4, -0.2) is 22.5 Å². The van der Waals surface area contributed by atoms with Crippen molar-refractivity contribution in [3.05, 3.63) is 34.9 Å². The first-order valence-corrected chi connectivity index (χ1v) is 13.8. The molecule has 26 heavy (non-hydrogen) atoms. The van der Waals surface area contributed by atoms with Crippen LogP contribution >= 0.6 is 11.6 Å². The first kappa shape index (κ1) is 20.4. The molecule has 1 aliphatic carbocycles. The Hall–Kier alpha value is -0.313. The number of benzene rings is 1. The minimum Gasteiger partial charge on any atom is -0.385 e. The van der Waals surface area contributed by atoms with E-state index in [1.165, 1.54) is 56.6 Å². The third kappa shape index (κ3) is 6.39. The van der Waals surface area contributed by atoms with E-state index in [-0.39, 0.29) is 0 Å². The van der Waals surface area contributed by atoms with E-state index in [1.807, 2.05) is 7.11 Å². The van der Waals surface area contributed by atoms with E-state index in [0.29, 0.717) is 0 Å². The van der Waals surface area contributed by atoms with Crippen LogP contribution in [0.3, 0.4) is 0 Å². The van der Waals surface area contributed by atoms with Gasteiger partial charge in [0.05, 0.1) is 0 Å². The third-order valence-electron chi connectivity index (χ3n) is 7.10. The van der Waals surface area contributed by atoms with Crippen molar-refractivity contribution in [1.29, 1.82) is 0 Å². The van der Waals surface area contributed by atoms with Crippen LogP contribution in [0.2, 0.25) is 23.2 Å². The van der Waals surface area contributed by atoms with E-state index >= 15 is 0 Å². The highest BCUT2D eigenvalue weighted by Gasteiger charge is 2.25. The summed E-state index contributed by atoms with van der Waals surface area (Å²) < 4.78 is 5.22. The molecule has 3 heteroatoms. The second-order valence-corrected chi connectivity index (χ2v) is 12.8. The molecule has 3 rings (SSSR count). The fourth-order valence-electron chi connectivity index (χ4n) is 5.32. The Kier molecular flexibility index (Phi) is 8.54. The van der Waals surface area contributed by atoms with Crippen LogP contribution in [0.15, 0.2) is 24.3 Å². The number of methoxy groups -OCH3 is 1. The first-order chi connectivity index (χ1) is 12.7. The highest BCUT2D eigenvalue weighted by molar-refractivity contribution is 6.58. The molecule has 146 valence electrons. The Morgan fingerprint density at radius 1 is 0.923 bits per heavy atom. The van der Waals surface area contributed by atoms with Crippen molar-refractivity contribution in [1.82, 2.24) is 0 Å². The molecule has 2 fully saturated rings. The van der Waals surface area contributed by atoms with Gasteiger partial charge in [-0.05, 0) is 67.6 Å². The smallest absolute Gasteiger partial charge is 0.0459 e. The minimum atomic E-state index is -0.392. The van der Waals surface area contributed by atoms with Gasteiger partial charge in [0.25, 0.3) is 0 Å². The second-order valence-electron chi connectivity index (χ2n) is 8.87. The standard InChI is InChI=1S/C23H37ClOSi/c1-25-15-2-16-26-17-13-20(14-18-26)4-3-19-5-7-21(8-6-19)22-9-11-23(24)12-10-22/h9-12,19-21,26H,2-8,13-18H2,1H3. The highest BCUT2D eigenvalue weighted by Crippen LogP contribution is 2.39. The van der Waals surface area contributed by atoms with Crippen LogP contribution in [0.25, 0.3) is 0 Å². The lowest BCUT2D eigenvalue weighted by molar-refractivity contribution is 0.199. The van der Waals surface area contributed by atoms with Crippen molar-refractivity contribution in [3.63, 3.8) is 0 Å². The van der Waals surface area contributed by atoms with Crippen molar-refractivity contribution in [2.45, 2.75) is 81.8 Å². The molecule has 2 aliphatic rings. The van der Waals surface area contributed by atoms with Crippen molar-refractivity contribution >= 4 is 20.4 Å². The predicted octanol–water partition coefficient (Wildman–Crippen LogP) is 7.07. The number of ether oxygens (including phenoxy) is 1. The first-order valence-electron chi connectivity index (χ1n) is 11.0. The molecule has 0 amide bonds. The van der Waals surface area contributed by atoms with E-state index < -0.39 is 8.80 Å². The number of hydrogen-bond donors (Lipinski definition) is 0. The molecule has 1 aromatic carbocycles. The fourth-order valence-corrected chi connectivity index (χ4v) is 8.94. The molecular formula is C23H37ClOSi. The third-order valence-corrected chi connectivity index (χ3v) is 10.9. The Balaban J connectivity index is 1.30. The summed E-state index contributed by atoms with van der Waals surface area (Å²) in [6, 6.07) is 13.3. The molecule has 1 aromatic rings. The SMILES string of the molecule is COCCC[SiH]1CCC(CCC2CCC(c3ccc(Cl)cc3)CC2)CC1. The molecule has 0 bridgehead atoms. The summed E-state index contributed by atoms with van der Waals surface area (Å²) in [6.45, 7) is 0.978. The maximum absolute atomic E-state index is 6.03. The van der Waals surface area contributed by atoms with E-state index in [0.717, 1.165) is 29.4 Å². The van der Waals surface area contributed by atoms with E-state index in [2.05, 4.69) is 24.3 Å². The van der Waals surface area contributed by atoms with Crippen molar-refractivity contribution < 1.29 is 4.74 Å². The zero-order chi connectivity index (χ0) is 18.2. The van der Waals surface area contributed by atoms with Gasteiger partial charge < -0.3 is 4.74 Å². The maximum Gasteiger partial charge on any atom is 0.0459 e. The largest absolute Gasteiger partial charge is 0.385 e. The fraction of sp³-hybridized carbons (Fsp3) is 0.739. The molecule has 0 aromatic heterocycles. The summed E-state index contributed by atoms with van der Waals surface area (Å²) in [4.78, 5) is 0. The molecule has 0 atom stereocenters. The number of hydrogen-bond acceptors (Lipinski definition) is 1. The molecule has 0 spiro atoms. The topological polar surface area (TPSA) is 9.23 Å². The van der Waals surface area contributed by atoms with Gasteiger partial charge in [0.1, 0.15) is 0 Å². The van der Waals surface area contributed by atoms with Gasteiger partial charge in [0.15, 0.2) is 0 Å². The predicted molar refractivity (Wildman–Crippen MR) is 116 cm³/mol. The van der Waals surface area contributed by atoms with Crippen molar-refractivity contribution in [3.8, 4) is 0 Å². The maximum atomic E-state index is 6.03. The summed E-state index contributed by atoms with van der Waals surface area (Å²) in [7, 11) is 1.44. The van der Waals surface area contributed by atoms with E-state index in [9.17, 15) is 0 Å². The summed E-state index contributed by atoms with van der Waals surface area (Å²) >= 11 is 6.03. The zero-order valence-electron chi connectivity index (χ0n) is 16.6. The lowest BCUT2D eigenvalue weighted by atomic mass is 9.76. The molecule has 1 nitrogen and oxygen atoms in total. The van der Waals surface area contributed by atoms with Crippen molar-refractivity contribution in [2.75, 3.05) is 13.7 Å². The lowest BCUT2D eigenvalue weighted by Gasteiger charge is -2.32. The summed E-state index contributed by atoms with van der Waals surface area (Å²) in [6.07, 6.45) is 13.0. The second kappa shape index (κ2) is 10.9. The van der Waals surface area contributed by atoms with Gasteiger partial charge >= 0.3 is 0 Å². The lowest BCUT2D eigenvalue weighted by Crippen LogP contribution is -2.22. The summed E-state index contributed by atoms with van der Waals surface area (Å²) in [5.41, 5.74) is 1.50. The van der Waals surface area contributed by atoms with Crippen LogP contribution in [0.4, 0.5) is 0 Å². The molecule has 1 aliphatic heterocycles. The average molecular weight is 393 g/mol. The number of halogens is 1. The van der Waals surface area contributed by atoms with Crippen LogP contribution in [0.1, 0.15) is 69.3 Å². The number of rotatable bonds is 8. The summed E-state index contributed by atoms with van der Waals surface area (Å²) in [5, 5.41) is 0.860. The zero-order valence-corrected chi connectivity index (χ0v) is 18.5. The van der Waals surface area contributed by atoms with Gasteiger partial charge in [0.2, 0.25) is 0 Å². The van der Waals surface area contributed by atoms with E-state index in [1.54, 1.807) is 24.9 Å². The van der Waals surface area contributed by atoms with Gasteiger partial charge in [0, 0.05) is 27.5 Å².